The van der Waals surface area contributed by atoms with Crippen LogP contribution in [0.5, 0.6) is 0 Å². The van der Waals surface area contributed by atoms with Gasteiger partial charge < -0.3 is 14.5 Å². The number of rotatable bonds is 6. The second-order valence-electron chi connectivity index (χ2n) is 7.33. The van der Waals surface area contributed by atoms with Gasteiger partial charge in [0.1, 0.15) is 6.10 Å². The normalized spacial score (nSPS) is 18.6. The molecule has 140 valence electrons. The Morgan fingerprint density at radius 2 is 2.23 bits per heavy atom. The summed E-state index contributed by atoms with van der Waals surface area (Å²) in [5.74, 6) is 1.83. The van der Waals surface area contributed by atoms with Gasteiger partial charge in [0.05, 0.1) is 30.9 Å². The lowest BCUT2D eigenvalue weighted by atomic mass is 10.1. The van der Waals surface area contributed by atoms with E-state index in [-0.39, 0.29) is 12.3 Å². The largest absolute Gasteiger partial charge is 0.386 e. The van der Waals surface area contributed by atoms with E-state index in [0.717, 1.165) is 43.3 Å². The van der Waals surface area contributed by atoms with Crippen LogP contribution >= 0.6 is 0 Å². The summed E-state index contributed by atoms with van der Waals surface area (Å²) in [5, 5.41) is 18.8. The number of amides is 1. The molecule has 1 atom stereocenters. The zero-order valence-corrected chi connectivity index (χ0v) is 15.1. The van der Waals surface area contributed by atoms with Gasteiger partial charge in [0.25, 0.3) is 0 Å². The molecule has 1 aliphatic carbocycles. The highest BCUT2D eigenvalue weighted by atomic mass is 16.5. The molecule has 9 heteroatoms. The number of carbonyl (C=O) groups excluding carboxylic acids is 1. The zero-order valence-electron chi connectivity index (χ0n) is 15.1. The molecule has 0 radical (unpaired) electrons. The second kappa shape index (κ2) is 6.81. The summed E-state index contributed by atoms with van der Waals surface area (Å²) in [6.45, 7) is 2.90. The van der Waals surface area contributed by atoms with Crippen molar-refractivity contribution < 1.29 is 14.4 Å². The van der Waals surface area contributed by atoms with E-state index in [1.54, 1.807) is 14.1 Å². The van der Waals surface area contributed by atoms with Crippen molar-refractivity contribution in [2.75, 3.05) is 20.6 Å². The Balaban J connectivity index is 1.38. The summed E-state index contributed by atoms with van der Waals surface area (Å²) in [6.07, 6.45) is 1.45. The first kappa shape index (κ1) is 17.2. The van der Waals surface area contributed by atoms with Crippen LogP contribution in [-0.2, 0) is 24.4 Å². The lowest BCUT2D eigenvalue weighted by molar-refractivity contribution is -0.130. The Morgan fingerprint density at radius 1 is 1.42 bits per heavy atom. The standard InChI is InChI=1S/C17H24N6O3/c1-21(2)16(25)8-14(24)13-7-12-9-22(5-6-23(12)19-13)10-15-18-17(26-20-15)11-3-4-11/h7,11,14,24H,3-6,8-10H2,1-2H3/t14-/m0/s1. The van der Waals surface area contributed by atoms with Crippen molar-refractivity contribution in [1.82, 2.24) is 29.7 Å². The molecular formula is C17H24N6O3. The first-order chi connectivity index (χ1) is 12.5. The fourth-order valence-corrected chi connectivity index (χ4v) is 3.12. The van der Waals surface area contributed by atoms with Gasteiger partial charge in [-0.1, -0.05) is 5.16 Å². The molecule has 0 spiro atoms. The number of hydrogen-bond acceptors (Lipinski definition) is 7. The predicted octanol–water partition coefficient (Wildman–Crippen LogP) is 0.671. The molecule has 0 unspecified atom stereocenters. The van der Waals surface area contributed by atoms with Gasteiger partial charge in [0.15, 0.2) is 5.82 Å². The van der Waals surface area contributed by atoms with Crippen LogP contribution in [0.2, 0.25) is 0 Å². The molecule has 26 heavy (non-hydrogen) atoms. The lowest BCUT2D eigenvalue weighted by Gasteiger charge is -2.26. The van der Waals surface area contributed by atoms with Gasteiger partial charge in [0, 0.05) is 33.1 Å². The number of aliphatic hydroxyl groups excluding tert-OH is 1. The second-order valence-corrected chi connectivity index (χ2v) is 7.33. The first-order valence-corrected chi connectivity index (χ1v) is 8.99. The van der Waals surface area contributed by atoms with Crippen molar-refractivity contribution in [3.63, 3.8) is 0 Å². The molecule has 1 N–H and O–H groups in total. The average Bonchev–Trinajstić information content (AvgIpc) is 3.20. The Hall–Kier alpha value is -2.26. The van der Waals surface area contributed by atoms with E-state index < -0.39 is 6.10 Å². The van der Waals surface area contributed by atoms with Crippen LogP contribution in [0.25, 0.3) is 0 Å². The van der Waals surface area contributed by atoms with Crippen molar-refractivity contribution in [1.29, 1.82) is 0 Å². The highest BCUT2D eigenvalue weighted by Crippen LogP contribution is 2.38. The van der Waals surface area contributed by atoms with Gasteiger partial charge in [-0.25, -0.2) is 0 Å². The van der Waals surface area contributed by atoms with E-state index in [2.05, 4.69) is 20.1 Å². The summed E-state index contributed by atoms with van der Waals surface area (Å²) >= 11 is 0. The van der Waals surface area contributed by atoms with Gasteiger partial charge in [-0.2, -0.15) is 10.1 Å². The van der Waals surface area contributed by atoms with E-state index >= 15 is 0 Å². The topological polar surface area (TPSA) is 101 Å². The maximum Gasteiger partial charge on any atom is 0.229 e. The maximum atomic E-state index is 11.8. The summed E-state index contributed by atoms with van der Waals surface area (Å²) < 4.78 is 7.22. The van der Waals surface area contributed by atoms with Gasteiger partial charge in [-0.15, -0.1) is 0 Å². The van der Waals surface area contributed by atoms with Gasteiger partial charge in [0.2, 0.25) is 11.8 Å². The molecule has 3 heterocycles. The minimum atomic E-state index is -0.880. The Bertz CT molecular complexity index is 794. The molecule has 1 amide bonds. The molecule has 0 aromatic carbocycles. The third-order valence-corrected chi connectivity index (χ3v) is 4.88. The minimum Gasteiger partial charge on any atom is -0.386 e. The van der Waals surface area contributed by atoms with Crippen molar-refractivity contribution in [2.45, 2.75) is 50.9 Å². The van der Waals surface area contributed by atoms with E-state index in [0.29, 0.717) is 24.7 Å². The summed E-state index contributed by atoms with van der Waals surface area (Å²) in [5.41, 5.74) is 1.57. The third-order valence-electron chi connectivity index (χ3n) is 4.88. The van der Waals surface area contributed by atoms with Gasteiger partial charge in [-0.3, -0.25) is 14.4 Å². The molecule has 2 aliphatic rings. The minimum absolute atomic E-state index is 0.0416. The maximum absolute atomic E-state index is 11.8. The van der Waals surface area contributed by atoms with E-state index in [9.17, 15) is 9.90 Å². The van der Waals surface area contributed by atoms with E-state index in [1.807, 2.05) is 10.7 Å². The third kappa shape index (κ3) is 3.63. The Labute approximate surface area is 151 Å². The molecule has 1 fully saturated rings. The molecule has 4 rings (SSSR count). The number of nitrogens with zero attached hydrogens (tertiary/aromatic N) is 6. The van der Waals surface area contributed by atoms with Crippen molar-refractivity contribution >= 4 is 5.91 Å². The van der Waals surface area contributed by atoms with E-state index in [4.69, 9.17) is 4.52 Å². The summed E-state index contributed by atoms with van der Waals surface area (Å²) in [4.78, 5) is 20.0. The highest BCUT2D eigenvalue weighted by molar-refractivity contribution is 5.76. The number of aromatic nitrogens is 4. The van der Waals surface area contributed by atoms with Crippen LogP contribution in [0.15, 0.2) is 10.6 Å². The molecule has 1 saturated carbocycles. The predicted molar refractivity (Wildman–Crippen MR) is 90.9 cm³/mol. The summed E-state index contributed by atoms with van der Waals surface area (Å²) in [6, 6.07) is 1.88. The SMILES string of the molecule is CN(C)C(=O)C[C@H](O)c1cc2n(n1)CCN(Cc1noc(C3CC3)n1)C2. The number of fused-ring (bicyclic) bond motifs is 1. The molecule has 0 saturated heterocycles. The molecule has 9 nitrogen and oxygen atoms in total. The molecular weight excluding hydrogens is 336 g/mol. The van der Waals surface area contributed by atoms with Crippen molar-refractivity contribution in [2.24, 2.45) is 0 Å². The Morgan fingerprint density at radius 3 is 2.96 bits per heavy atom. The fraction of sp³-hybridized carbons (Fsp3) is 0.647. The van der Waals surface area contributed by atoms with Gasteiger partial charge >= 0.3 is 0 Å². The summed E-state index contributed by atoms with van der Waals surface area (Å²) in [7, 11) is 3.36. The zero-order chi connectivity index (χ0) is 18.3. The van der Waals surface area contributed by atoms with E-state index in [1.165, 1.54) is 4.90 Å². The molecule has 1 aliphatic heterocycles. The quantitative estimate of drug-likeness (QED) is 0.808. The van der Waals surface area contributed by atoms with Crippen LogP contribution in [0, 0.1) is 0 Å². The molecule has 2 aromatic heterocycles. The highest BCUT2D eigenvalue weighted by Gasteiger charge is 2.30. The van der Waals surface area contributed by atoms with Crippen LogP contribution in [0.4, 0.5) is 0 Å². The van der Waals surface area contributed by atoms with Crippen molar-refractivity contribution in [3.05, 3.63) is 29.2 Å². The van der Waals surface area contributed by atoms with Crippen LogP contribution in [0.1, 0.15) is 54.4 Å². The first-order valence-electron chi connectivity index (χ1n) is 8.99. The smallest absolute Gasteiger partial charge is 0.229 e. The van der Waals surface area contributed by atoms with Crippen LogP contribution < -0.4 is 0 Å². The fourth-order valence-electron chi connectivity index (χ4n) is 3.12. The number of carbonyl (C=O) groups is 1. The molecule has 0 bridgehead atoms. The number of aliphatic hydroxyl groups is 1. The monoisotopic (exact) mass is 360 g/mol. The van der Waals surface area contributed by atoms with Gasteiger partial charge in [-0.05, 0) is 18.9 Å². The van der Waals surface area contributed by atoms with Crippen LogP contribution in [-0.4, -0.2) is 61.4 Å². The van der Waals surface area contributed by atoms with Crippen LogP contribution in [0.3, 0.4) is 0 Å². The number of hydrogen-bond donors (Lipinski definition) is 1. The Kier molecular flexibility index (Phi) is 4.49. The molecule has 2 aromatic rings. The lowest BCUT2D eigenvalue weighted by Crippen LogP contribution is -2.33. The van der Waals surface area contributed by atoms with Crippen molar-refractivity contribution in [3.8, 4) is 0 Å². The average molecular weight is 360 g/mol.